The molecule has 2 atom stereocenters. The van der Waals surface area contributed by atoms with Crippen LogP contribution in [0.5, 0.6) is 11.5 Å². The second-order valence-electron chi connectivity index (χ2n) is 6.11. The zero-order valence-electron chi connectivity index (χ0n) is 13.9. The molecule has 0 aliphatic rings. The summed E-state index contributed by atoms with van der Waals surface area (Å²) >= 11 is 0. The molecule has 0 saturated heterocycles. The molecule has 2 rings (SSSR count). The van der Waals surface area contributed by atoms with Crippen LogP contribution >= 0.6 is 0 Å². The van der Waals surface area contributed by atoms with E-state index >= 15 is 0 Å². The largest absolute Gasteiger partial charge is 0.508 e. The molecule has 0 fully saturated rings. The highest BCUT2D eigenvalue weighted by Crippen LogP contribution is 2.41. The first-order valence-electron chi connectivity index (χ1n) is 8.06. The SMILES string of the molecule is CCC(c1ccc(O)cc1)C(CC)c1c(C)cc(O)cc1C. The number of hydrogen-bond donors (Lipinski definition) is 2. The van der Waals surface area contributed by atoms with Crippen LogP contribution in [0.25, 0.3) is 0 Å². The van der Waals surface area contributed by atoms with Crippen molar-refractivity contribution in [1.82, 2.24) is 0 Å². The molecule has 22 heavy (non-hydrogen) atoms. The molecule has 0 saturated carbocycles. The lowest BCUT2D eigenvalue weighted by atomic mass is 9.75. The predicted molar refractivity (Wildman–Crippen MR) is 91.8 cm³/mol. The number of phenolic OH excluding ortho intramolecular Hbond substituents is 2. The van der Waals surface area contributed by atoms with Crippen molar-refractivity contribution in [3.05, 3.63) is 58.7 Å². The first-order chi connectivity index (χ1) is 10.5. The van der Waals surface area contributed by atoms with Crippen molar-refractivity contribution in [3.63, 3.8) is 0 Å². The minimum Gasteiger partial charge on any atom is -0.508 e. The summed E-state index contributed by atoms with van der Waals surface area (Å²) in [6.07, 6.45) is 2.09. The maximum absolute atomic E-state index is 9.79. The molecule has 2 heteroatoms. The summed E-state index contributed by atoms with van der Waals surface area (Å²) < 4.78 is 0. The fourth-order valence-corrected chi connectivity index (χ4v) is 3.70. The molecule has 0 radical (unpaired) electrons. The minimum absolute atomic E-state index is 0.309. The van der Waals surface area contributed by atoms with Crippen LogP contribution < -0.4 is 0 Å². The Balaban J connectivity index is 2.47. The van der Waals surface area contributed by atoms with Gasteiger partial charge in [-0.25, -0.2) is 0 Å². The Morgan fingerprint density at radius 3 is 1.73 bits per heavy atom. The van der Waals surface area contributed by atoms with Crippen LogP contribution in [-0.2, 0) is 0 Å². The van der Waals surface area contributed by atoms with E-state index in [0.717, 1.165) is 24.0 Å². The molecule has 0 bridgehead atoms. The van der Waals surface area contributed by atoms with Gasteiger partial charge in [0, 0.05) is 0 Å². The normalized spacial score (nSPS) is 13.8. The number of aryl methyl sites for hydroxylation is 2. The van der Waals surface area contributed by atoms with Gasteiger partial charge >= 0.3 is 0 Å². The Morgan fingerprint density at radius 2 is 1.27 bits per heavy atom. The molecule has 2 N–H and O–H groups in total. The third kappa shape index (κ3) is 3.27. The van der Waals surface area contributed by atoms with E-state index in [1.807, 2.05) is 24.3 Å². The highest BCUT2D eigenvalue weighted by Gasteiger charge is 2.25. The average molecular weight is 298 g/mol. The molecular formula is C20H26O2. The average Bonchev–Trinajstić information content (AvgIpc) is 2.47. The highest BCUT2D eigenvalue weighted by molar-refractivity contribution is 5.44. The van der Waals surface area contributed by atoms with Gasteiger partial charge in [-0.3, -0.25) is 0 Å². The molecule has 0 amide bonds. The van der Waals surface area contributed by atoms with E-state index in [-0.39, 0.29) is 0 Å². The van der Waals surface area contributed by atoms with Gasteiger partial charge in [-0.2, -0.15) is 0 Å². The summed E-state index contributed by atoms with van der Waals surface area (Å²) in [6.45, 7) is 8.59. The summed E-state index contributed by atoms with van der Waals surface area (Å²) in [5.74, 6) is 1.47. The lowest BCUT2D eigenvalue weighted by Crippen LogP contribution is -2.13. The van der Waals surface area contributed by atoms with Crippen LogP contribution in [-0.4, -0.2) is 10.2 Å². The van der Waals surface area contributed by atoms with Crippen molar-refractivity contribution in [2.24, 2.45) is 0 Å². The van der Waals surface area contributed by atoms with Gasteiger partial charge in [-0.05, 0) is 85.0 Å². The van der Waals surface area contributed by atoms with E-state index in [9.17, 15) is 10.2 Å². The first-order valence-corrected chi connectivity index (χ1v) is 8.06. The van der Waals surface area contributed by atoms with E-state index < -0.39 is 0 Å². The van der Waals surface area contributed by atoms with Gasteiger partial charge in [0.25, 0.3) is 0 Å². The molecule has 2 nitrogen and oxygen atoms in total. The van der Waals surface area contributed by atoms with Crippen LogP contribution in [0.3, 0.4) is 0 Å². The molecule has 0 heterocycles. The van der Waals surface area contributed by atoms with E-state index in [4.69, 9.17) is 0 Å². The Kier molecular flexibility index (Phi) is 5.12. The van der Waals surface area contributed by atoms with Crippen molar-refractivity contribution in [2.45, 2.75) is 52.4 Å². The van der Waals surface area contributed by atoms with Gasteiger partial charge in [0.05, 0.1) is 0 Å². The summed E-state index contributed by atoms with van der Waals surface area (Å²) in [6, 6.07) is 11.3. The second kappa shape index (κ2) is 6.87. The van der Waals surface area contributed by atoms with Crippen molar-refractivity contribution in [1.29, 1.82) is 0 Å². The van der Waals surface area contributed by atoms with E-state index in [0.29, 0.717) is 23.3 Å². The fraction of sp³-hybridized carbons (Fsp3) is 0.400. The van der Waals surface area contributed by atoms with E-state index in [1.165, 1.54) is 11.1 Å². The molecule has 0 aliphatic carbocycles. The maximum Gasteiger partial charge on any atom is 0.116 e. The van der Waals surface area contributed by atoms with Crippen LogP contribution in [0.1, 0.15) is 60.8 Å². The van der Waals surface area contributed by atoms with Gasteiger partial charge in [0.2, 0.25) is 0 Å². The zero-order chi connectivity index (χ0) is 16.3. The third-order valence-electron chi connectivity index (χ3n) is 4.64. The Labute approximate surface area is 133 Å². The topological polar surface area (TPSA) is 40.5 Å². The molecule has 0 aromatic heterocycles. The van der Waals surface area contributed by atoms with Crippen LogP contribution in [0.2, 0.25) is 0 Å². The van der Waals surface area contributed by atoms with Gasteiger partial charge in [0.15, 0.2) is 0 Å². The third-order valence-corrected chi connectivity index (χ3v) is 4.64. The summed E-state index contributed by atoms with van der Waals surface area (Å²) in [4.78, 5) is 0. The van der Waals surface area contributed by atoms with Gasteiger partial charge in [-0.15, -0.1) is 0 Å². The summed E-state index contributed by atoms with van der Waals surface area (Å²) in [5, 5.41) is 19.3. The standard InChI is InChI=1S/C20H26O2/c1-5-18(15-7-9-16(21)10-8-15)19(6-2)20-13(3)11-17(22)12-14(20)4/h7-12,18-19,21-22H,5-6H2,1-4H3. The summed E-state index contributed by atoms with van der Waals surface area (Å²) in [5.41, 5.74) is 4.92. The molecule has 2 aromatic carbocycles. The van der Waals surface area contributed by atoms with Crippen LogP contribution in [0.4, 0.5) is 0 Å². The molecule has 2 aromatic rings. The molecule has 0 aliphatic heterocycles. The van der Waals surface area contributed by atoms with Crippen LogP contribution in [0, 0.1) is 13.8 Å². The number of hydrogen-bond acceptors (Lipinski definition) is 2. The molecule has 0 spiro atoms. The number of phenols is 2. The Hall–Kier alpha value is -1.96. The fourth-order valence-electron chi connectivity index (χ4n) is 3.70. The monoisotopic (exact) mass is 298 g/mol. The predicted octanol–water partition coefficient (Wildman–Crippen LogP) is 5.40. The molecule has 2 unspecified atom stereocenters. The molecule has 118 valence electrons. The summed E-state index contributed by atoms with van der Waals surface area (Å²) in [7, 11) is 0. The zero-order valence-corrected chi connectivity index (χ0v) is 13.9. The number of aromatic hydroxyl groups is 2. The Bertz CT molecular complexity index is 606. The van der Waals surface area contributed by atoms with Crippen molar-refractivity contribution < 1.29 is 10.2 Å². The van der Waals surface area contributed by atoms with Crippen LogP contribution in [0.15, 0.2) is 36.4 Å². The quantitative estimate of drug-likeness (QED) is 0.775. The van der Waals surface area contributed by atoms with Gasteiger partial charge in [0.1, 0.15) is 11.5 Å². The lowest BCUT2D eigenvalue weighted by Gasteiger charge is -2.29. The molecular weight excluding hydrogens is 272 g/mol. The minimum atomic E-state index is 0.309. The number of rotatable bonds is 5. The second-order valence-corrected chi connectivity index (χ2v) is 6.11. The van der Waals surface area contributed by atoms with Gasteiger partial charge in [-0.1, -0.05) is 26.0 Å². The number of benzene rings is 2. The van der Waals surface area contributed by atoms with Gasteiger partial charge < -0.3 is 10.2 Å². The van der Waals surface area contributed by atoms with Crippen molar-refractivity contribution >= 4 is 0 Å². The smallest absolute Gasteiger partial charge is 0.116 e. The lowest BCUT2D eigenvalue weighted by molar-refractivity contribution is 0.468. The van der Waals surface area contributed by atoms with Crippen molar-refractivity contribution in [2.75, 3.05) is 0 Å². The van der Waals surface area contributed by atoms with E-state index in [1.54, 1.807) is 12.1 Å². The Morgan fingerprint density at radius 1 is 0.773 bits per heavy atom. The van der Waals surface area contributed by atoms with E-state index in [2.05, 4.69) is 27.7 Å². The maximum atomic E-state index is 9.79. The van der Waals surface area contributed by atoms with Crippen molar-refractivity contribution in [3.8, 4) is 11.5 Å². The first kappa shape index (κ1) is 16.4. The highest BCUT2D eigenvalue weighted by atomic mass is 16.3.